The number of carbonyl (C=O) groups excluding carboxylic acids is 1. The van der Waals surface area contributed by atoms with Gasteiger partial charge in [-0.15, -0.1) is 0 Å². The molecule has 0 aliphatic carbocycles. The number of esters is 1. The molecule has 1 saturated heterocycles. The molecule has 1 fully saturated rings. The molecule has 0 amide bonds. The summed E-state index contributed by atoms with van der Waals surface area (Å²) in [6.45, 7) is 4.14. The number of aryl methyl sites for hydroxylation is 1. The second-order valence-corrected chi connectivity index (χ2v) is 11.7. The molecule has 1 aliphatic heterocycles. The second kappa shape index (κ2) is 10.3. The SMILES string of the molecule is Cc1ccc(S(=O)(=O)N2CCN(CCOC(=O)c3cc4cc(Br)cc(Br)c4oc3=O)CC2)cc1. The Morgan fingerprint density at radius 3 is 2.41 bits per heavy atom. The zero-order chi connectivity index (χ0) is 24.5. The highest BCUT2D eigenvalue weighted by Gasteiger charge is 2.28. The first-order chi connectivity index (χ1) is 16.1. The van der Waals surface area contributed by atoms with Crippen LogP contribution in [0.25, 0.3) is 11.0 Å². The van der Waals surface area contributed by atoms with E-state index in [0.717, 1.165) is 10.0 Å². The number of hydrogen-bond acceptors (Lipinski definition) is 7. The average molecular weight is 614 g/mol. The third kappa shape index (κ3) is 5.44. The van der Waals surface area contributed by atoms with Gasteiger partial charge in [0.05, 0.1) is 9.37 Å². The number of piperazine rings is 1. The van der Waals surface area contributed by atoms with Crippen molar-refractivity contribution in [3.8, 4) is 0 Å². The van der Waals surface area contributed by atoms with E-state index in [1.165, 1.54) is 10.4 Å². The highest BCUT2D eigenvalue weighted by atomic mass is 79.9. The van der Waals surface area contributed by atoms with E-state index in [-0.39, 0.29) is 17.1 Å². The normalized spacial score (nSPS) is 15.5. The number of fused-ring (bicyclic) bond motifs is 1. The summed E-state index contributed by atoms with van der Waals surface area (Å²) >= 11 is 6.71. The maximum absolute atomic E-state index is 12.8. The topological polar surface area (TPSA) is 97.1 Å². The van der Waals surface area contributed by atoms with Crippen molar-refractivity contribution in [1.82, 2.24) is 9.21 Å². The van der Waals surface area contributed by atoms with E-state index < -0.39 is 21.6 Å². The number of benzene rings is 2. The minimum absolute atomic E-state index is 0.0726. The Morgan fingerprint density at radius 1 is 1.06 bits per heavy atom. The summed E-state index contributed by atoms with van der Waals surface area (Å²) in [5.74, 6) is -0.757. The van der Waals surface area contributed by atoms with Crippen LogP contribution in [0.4, 0.5) is 0 Å². The first-order valence-corrected chi connectivity index (χ1v) is 13.6. The highest BCUT2D eigenvalue weighted by molar-refractivity contribution is 9.11. The van der Waals surface area contributed by atoms with Gasteiger partial charge >= 0.3 is 11.6 Å². The standard InChI is InChI=1S/C23H22Br2N2O6S/c1-15-2-4-18(5-3-15)34(30,31)27-8-6-26(7-9-27)10-11-32-22(28)19-13-16-12-17(24)14-20(25)21(16)33-23(19)29/h2-5,12-14H,6-11H2,1H3. The van der Waals surface area contributed by atoms with Crippen LogP contribution in [0, 0.1) is 6.92 Å². The van der Waals surface area contributed by atoms with Crippen molar-refractivity contribution in [2.45, 2.75) is 11.8 Å². The molecule has 34 heavy (non-hydrogen) atoms. The van der Waals surface area contributed by atoms with Crippen molar-refractivity contribution in [1.29, 1.82) is 0 Å². The van der Waals surface area contributed by atoms with Crippen LogP contribution in [0.15, 0.2) is 65.5 Å². The third-order valence-electron chi connectivity index (χ3n) is 5.60. The van der Waals surface area contributed by atoms with Crippen LogP contribution in [0.1, 0.15) is 15.9 Å². The Kier molecular flexibility index (Phi) is 7.58. The molecule has 11 heteroatoms. The molecule has 0 radical (unpaired) electrons. The number of rotatable bonds is 6. The number of halogens is 2. The maximum Gasteiger partial charge on any atom is 0.351 e. The van der Waals surface area contributed by atoms with Crippen LogP contribution in [0.5, 0.6) is 0 Å². The lowest BCUT2D eigenvalue weighted by atomic mass is 10.2. The van der Waals surface area contributed by atoms with Crippen LogP contribution in [0.2, 0.25) is 0 Å². The Balaban J connectivity index is 1.32. The number of nitrogens with zero attached hydrogens (tertiary/aromatic N) is 2. The summed E-state index contributed by atoms with van der Waals surface area (Å²) in [4.78, 5) is 27.0. The molecular weight excluding hydrogens is 592 g/mol. The van der Waals surface area contributed by atoms with E-state index in [2.05, 4.69) is 31.9 Å². The molecule has 0 N–H and O–H groups in total. The smallest absolute Gasteiger partial charge is 0.351 e. The summed E-state index contributed by atoms with van der Waals surface area (Å²) in [5, 5.41) is 0.582. The molecule has 1 aliphatic rings. The molecular formula is C23H22Br2N2O6S. The Morgan fingerprint density at radius 2 is 1.74 bits per heavy atom. The lowest BCUT2D eigenvalue weighted by Gasteiger charge is -2.33. The number of sulfonamides is 1. The average Bonchev–Trinajstić information content (AvgIpc) is 2.80. The third-order valence-corrected chi connectivity index (χ3v) is 8.56. The van der Waals surface area contributed by atoms with Crippen LogP contribution in [0.3, 0.4) is 0 Å². The van der Waals surface area contributed by atoms with Gasteiger partial charge in [-0.2, -0.15) is 4.31 Å². The van der Waals surface area contributed by atoms with Crippen molar-refractivity contribution < 1.29 is 22.4 Å². The molecule has 2 aromatic carbocycles. The molecule has 0 saturated carbocycles. The van der Waals surface area contributed by atoms with E-state index in [4.69, 9.17) is 9.15 Å². The van der Waals surface area contributed by atoms with Gasteiger partial charge in [0.1, 0.15) is 12.2 Å². The van der Waals surface area contributed by atoms with Gasteiger partial charge in [-0.25, -0.2) is 18.0 Å². The van der Waals surface area contributed by atoms with Crippen molar-refractivity contribution in [3.05, 3.63) is 73.0 Å². The van der Waals surface area contributed by atoms with Crippen LogP contribution < -0.4 is 5.63 Å². The van der Waals surface area contributed by atoms with Gasteiger partial charge in [0.15, 0.2) is 5.58 Å². The van der Waals surface area contributed by atoms with Crippen molar-refractivity contribution >= 4 is 58.8 Å². The fourth-order valence-electron chi connectivity index (χ4n) is 3.70. The Labute approximate surface area is 213 Å². The van der Waals surface area contributed by atoms with Crippen LogP contribution in [-0.4, -0.2) is 62.9 Å². The van der Waals surface area contributed by atoms with Crippen LogP contribution in [-0.2, 0) is 14.8 Å². The van der Waals surface area contributed by atoms with E-state index in [1.807, 2.05) is 11.8 Å². The van der Waals surface area contributed by atoms with E-state index in [1.54, 1.807) is 36.4 Å². The van der Waals surface area contributed by atoms with Gasteiger partial charge in [0.25, 0.3) is 0 Å². The number of carbonyl (C=O) groups is 1. The lowest BCUT2D eigenvalue weighted by molar-refractivity contribution is 0.0440. The van der Waals surface area contributed by atoms with E-state index in [0.29, 0.717) is 48.2 Å². The minimum atomic E-state index is -3.53. The van der Waals surface area contributed by atoms with Gasteiger partial charge in [0, 0.05) is 42.6 Å². The van der Waals surface area contributed by atoms with Gasteiger partial charge in [-0.05, 0) is 53.2 Å². The Bertz CT molecular complexity index is 1380. The minimum Gasteiger partial charge on any atom is -0.461 e. The monoisotopic (exact) mass is 612 g/mol. The highest BCUT2D eigenvalue weighted by Crippen LogP contribution is 2.28. The maximum atomic E-state index is 12.8. The predicted molar refractivity (Wildman–Crippen MR) is 135 cm³/mol. The summed E-state index contributed by atoms with van der Waals surface area (Å²) in [6, 6.07) is 11.7. The summed E-state index contributed by atoms with van der Waals surface area (Å²) in [5.41, 5.74) is 0.408. The second-order valence-electron chi connectivity index (χ2n) is 7.95. The van der Waals surface area contributed by atoms with Gasteiger partial charge in [-0.3, -0.25) is 4.90 Å². The first kappa shape index (κ1) is 25.1. The van der Waals surface area contributed by atoms with E-state index in [9.17, 15) is 18.0 Å². The lowest BCUT2D eigenvalue weighted by Crippen LogP contribution is -2.49. The molecule has 8 nitrogen and oxygen atoms in total. The molecule has 0 unspecified atom stereocenters. The van der Waals surface area contributed by atoms with Crippen LogP contribution >= 0.6 is 31.9 Å². The fourth-order valence-corrected chi connectivity index (χ4v) is 6.46. The zero-order valence-electron chi connectivity index (χ0n) is 18.3. The molecule has 3 aromatic rings. The molecule has 4 rings (SSSR count). The summed E-state index contributed by atoms with van der Waals surface area (Å²) < 4.78 is 39.1. The van der Waals surface area contributed by atoms with Gasteiger partial charge < -0.3 is 9.15 Å². The zero-order valence-corrected chi connectivity index (χ0v) is 22.3. The van der Waals surface area contributed by atoms with Crippen molar-refractivity contribution in [3.63, 3.8) is 0 Å². The van der Waals surface area contributed by atoms with E-state index >= 15 is 0 Å². The molecule has 0 bridgehead atoms. The molecule has 1 aromatic heterocycles. The molecule has 0 atom stereocenters. The molecule has 180 valence electrons. The summed E-state index contributed by atoms with van der Waals surface area (Å²) in [7, 11) is -3.53. The predicted octanol–water partition coefficient (Wildman–Crippen LogP) is 3.79. The largest absolute Gasteiger partial charge is 0.461 e. The van der Waals surface area contributed by atoms with Gasteiger partial charge in [-0.1, -0.05) is 33.6 Å². The molecule has 0 spiro atoms. The van der Waals surface area contributed by atoms with Crippen molar-refractivity contribution in [2.75, 3.05) is 39.3 Å². The summed E-state index contributed by atoms with van der Waals surface area (Å²) in [6.07, 6.45) is 0. The van der Waals surface area contributed by atoms with Crippen molar-refractivity contribution in [2.24, 2.45) is 0 Å². The first-order valence-electron chi connectivity index (χ1n) is 10.5. The number of ether oxygens (including phenoxy) is 1. The Hall–Kier alpha value is -2.05. The molecule has 2 heterocycles. The number of hydrogen-bond donors (Lipinski definition) is 0. The van der Waals surface area contributed by atoms with Gasteiger partial charge in [0.2, 0.25) is 10.0 Å². The fraction of sp³-hybridized carbons (Fsp3) is 0.304. The quantitative estimate of drug-likeness (QED) is 0.308.